The molecule has 4 rings (SSSR count). The van der Waals surface area contributed by atoms with Crippen molar-refractivity contribution in [1.29, 1.82) is 0 Å². The van der Waals surface area contributed by atoms with Gasteiger partial charge in [-0.1, -0.05) is 12.1 Å². The maximum absolute atomic E-state index is 12.5. The summed E-state index contributed by atoms with van der Waals surface area (Å²) in [7, 11) is 1.35. The molecule has 3 aromatic rings. The lowest BCUT2D eigenvalue weighted by Crippen LogP contribution is -2.12. The third-order valence-electron chi connectivity index (χ3n) is 4.98. The SMILES string of the molecule is COc1ccc(C(=O)Nc2ccc(-c3cn4c(n3)CCCC4)cc2)cc1[N+](=O)[O-]. The number of rotatable bonds is 5. The summed E-state index contributed by atoms with van der Waals surface area (Å²) in [6.45, 7) is 1.00. The van der Waals surface area contributed by atoms with E-state index in [1.165, 1.54) is 38.2 Å². The molecule has 29 heavy (non-hydrogen) atoms. The maximum Gasteiger partial charge on any atom is 0.311 e. The number of aromatic nitrogens is 2. The highest BCUT2D eigenvalue weighted by Crippen LogP contribution is 2.28. The van der Waals surface area contributed by atoms with E-state index in [4.69, 9.17) is 9.72 Å². The number of ether oxygens (including phenoxy) is 1. The summed E-state index contributed by atoms with van der Waals surface area (Å²) in [6.07, 6.45) is 5.42. The summed E-state index contributed by atoms with van der Waals surface area (Å²) in [6, 6.07) is 11.5. The van der Waals surface area contributed by atoms with Crippen molar-refractivity contribution in [3.63, 3.8) is 0 Å². The second kappa shape index (κ2) is 7.75. The van der Waals surface area contributed by atoms with Crippen molar-refractivity contribution in [2.75, 3.05) is 12.4 Å². The zero-order valence-electron chi connectivity index (χ0n) is 15.9. The van der Waals surface area contributed by atoms with Crippen LogP contribution in [0.25, 0.3) is 11.3 Å². The fourth-order valence-corrected chi connectivity index (χ4v) is 3.45. The second-order valence-electron chi connectivity index (χ2n) is 6.87. The van der Waals surface area contributed by atoms with E-state index in [2.05, 4.69) is 16.1 Å². The minimum Gasteiger partial charge on any atom is -0.490 e. The predicted octanol–water partition coefficient (Wildman–Crippen LogP) is 4.06. The van der Waals surface area contributed by atoms with Crippen LogP contribution in [-0.2, 0) is 13.0 Å². The predicted molar refractivity (Wildman–Crippen MR) is 108 cm³/mol. The number of imidazole rings is 1. The first-order valence-corrected chi connectivity index (χ1v) is 9.35. The molecule has 148 valence electrons. The molecule has 0 bridgehead atoms. The molecule has 1 aliphatic rings. The lowest BCUT2D eigenvalue weighted by atomic mass is 10.1. The lowest BCUT2D eigenvalue weighted by Gasteiger charge is -2.11. The summed E-state index contributed by atoms with van der Waals surface area (Å²) < 4.78 is 7.16. The van der Waals surface area contributed by atoms with Crippen molar-refractivity contribution in [3.05, 3.63) is 70.2 Å². The Hall–Kier alpha value is -3.68. The van der Waals surface area contributed by atoms with Gasteiger partial charge in [-0.2, -0.15) is 0 Å². The highest BCUT2D eigenvalue weighted by molar-refractivity contribution is 6.04. The smallest absolute Gasteiger partial charge is 0.311 e. The first kappa shape index (κ1) is 18.7. The summed E-state index contributed by atoms with van der Waals surface area (Å²) in [4.78, 5) is 27.8. The second-order valence-corrected chi connectivity index (χ2v) is 6.87. The molecular formula is C21H20N4O4. The topological polar surface area (TPSA) is 99.3 Å². The van der Waals surface area contributed by atoms with Crippen LogP contribution >= 0.6 is 0 Å². The number of anilines is 1. The van der Waals surface area contributed by atoms with E-state index in [9.17, 15) is 14.9 Å². The first-order valence-electron chi connectivity index (χ1n) is 9.35. The molecule has 2 heterocycles. The van der Waals surface area contributed by atoms with E-state index in [0.29, 0.717) is 5.69 Å². The van der Waals surface area contributed by atoms with Gasteiger partial charge in [0.1, 0.15) is 5.82 Å². The molecule has 0 saturated carbocycles. The van der Waals surface area contributed by atoms with Gasteiger partial charge in [0, 0.05) is 42.0 Å². The zero-order valence-corrected chi connectivity index (χ0v) is 15.9. The zero-order chi connectivity index (χ0) is 20.4. The molecule has 8 nitrogen and oxygen atoms in total. The molecule has 2 aromatic carbocycles. The van der Waals surface area contributed by atoms with Gasteiger partial charge in [0.2, 0.25) is 0 Å². The van der Waals surface area contributed by atoms with Gasteiger partial charge in [0.15, 0.2) is 5.75 Å². The van der Waals surface area contributed by atoms with Gasteiger partial charge < -0.3 is 14.6 Å². The van der Waals surface area contributed by atoms with Gasteiger partial charge in [-0.05, 0) is 37.1 Å². The molecule has 0 spiro atoms. The molecule has 1 aromatic heterocycles. The molecule has 0 unspecified atom stereocenters. The number of fused-ring (bicyclic) bond motifs is 1. The molecule has 1 aliphatic heterocycles. The fourth-order valence-electron chi connectivity index (χ4n) is 3.45. The molecule has 0 atom stereocenters. The van der Waals surface area contributed by atoms with Crippen LogP contribution < -0.4 is 10.1 Å². The van der Waals surface area contributed by atoms with Crippen LogP contribution in [0.4, 0.5) is 11.4 Å². The van der Waals surface area contributed by atoms with Crippen LogP contribution in [0.2, 0.25) is 0 Å². The van der Waals surface area contributed by atoms with Crippen LogP contribution in [-0.4, -0.2) is 27.5 Å². The number of hydrogen-bond acceptors (Lipinski definition) is 5. The minimum absolute atomic E-state index is 0.110. The van der Waals surface area contributed by atoms with E-state index >= 15 is 0 Å². The molecule has 0 radical (unpaired) electrons. The number of hydrogen-bond donors (Lipinski definition) is 1. The van der Waals surface area contributed by atoms with Gasteiger partial charge in [-0.3, -0.25) is 14.9 Å². The van der Waals surface area contributed by atoms with E-state index in [1.54, 1.807) is 12.1 Å². The largest absolute Gasteiger partial charge is 0.490 e. The van der Waals surface area contributed by atoms with Crippen molar-refractivity contribution >= 4 is 17.3 Å². The molecule has 1 amide bonds. The number of carbonyl (C=O) groups is 1. The molecule has 8 heteroatoms. The van der Waals surface area contributed by atoms with Crippen LogP contribution in [0.1, 0.15) is 29.0 Å². The van der Waals surface area contributed by atoms with Crippen molar-refractivity contribution in [2.24, 2.45) is 0 Å². The normalized spacial score (nSPS) is 12.9. The third-order valence-corrected chi connectivity index (χ3v) is 4.98. The first-order chi connectivity index (χ1) is 14.0. The van der Waals surface area contributed by atoms with Gasteiger partial charge in [0.25, 0.3) is 5.91 Å². The highest BCUT2D eigenvalue weighted by Gasteiger charge is 2.18. The van der Waals surface area contributed by atoms with E-state index in [0.717, 1.165) is 30.0 Å². The Morgan fingerprint density at radius 3 is 2.69 bits per heavy atom. The van der Waals surface area contributed by atoms with Crippen LogP contribution in [0.15, 0.2) is 48.7 Å². The van der Waals surface area contributed by atoms with E-state index < -0.39 is 10.8 Å². The number of carbonyl (C=O) groups excluding carboxylic acids is 1. The Labute approximate surface area is 167 Å². The number of aryl methyl sites for hydroxylation is 2. The quantitative estimate of drug-likeness (QED) is 0.521. The number of nitro groups is 1. The Kier molecular flexibility index (Phi) is 4.99. The Morgan fingerprint density at radius 2 is 2.00 bits per heavy atom. The average molecular weight is 392 g/mol. The summed E-state index contributed by atoms with van der Waals surface area (Å²) in [5, 5.41) is 13.9. The summed E-state index contributed by atoms with van der Waals surface area (Å²) >= 11 is 0. The van der Waals surface area contributed by atoms with Crippen molar-refractivity contribution in [2.45, 2.75) is 25.8 Å². The number of nitrogens with zero attached hydrogens (tertiary/aromatic N) is 3. The number of benzene rings is 2. The average Bonchev–Trinajstić information content (AvgIpc) is 3.18. The van der Waals surface area contributed by atoms with E-state index in [-0.39, 0.29) is 17.0 Å². The molecule has 0 saturated heterocycles. The van der Waals surface area contributed by atoms with Gasteiger partial charge in [-0.25, -0.2) is 4.98 Å². The third kappa shape index (κ3) is 3.82. The van der Waals surface area contributed by atoms with Crippen LogP contribution in [0, 0.1) is 10.1 Å². The van der Waals surface area contributed by atoms with Crippen molar-refractivity contribution < 1.29 is 14.5 Å². The lowest BCUT2D eigenvalue weighted by molar-refractivity contribution is -0.385. The molecular weight excluding hydrogens is 372 g/mol. The summed E-state index contributed by atoms with van der Waals surface area (Å²) in [5.74, 6) is 0.796. The molecule has 0 aliphatic carbocycles. The van der Waals surface area contributed by atoms with Crippen molar-refractivity contribution in [3.8, 4) is 17.0 Å². The Bertz CT molecular complexity index is 1050. The number of nitrogens with one attached hydrogen (secondary N) is 1. The summed E-state index contributed by atoms with van der Waals surface area (Å²) in [5.41, 5.74) is 2.43. The van der Waals surface area contributed by atoms with Crippen LogP contribution in [0.5, 0.6) is 5.75 Å². The van der Waals surface area contributed by atoms with E-state index in [1.807, 2.05) is 12.1 Å². The monoisotopic (exact) mass is 392 g/mol. The van der Waals surface area contributed by atoms with Crippen molar-refractivity contribution in [1.82, 2.24) is 9.55 Å². The van der Waals surface area contributed by atoms with Gasteiger partial charge >= 0.3 is 5.69 Å². The highest BCUT2D eigenvalue weighted by atomic mass is 16.6. The Balaban J connectivity index is 1.50. The standard InChI is InChI=1S/C21H20N4O4/c1-29-19-10-7-15(12-18(19)25(27)28)21(26)22-16-8-5-14(6-9-16)17-13-24-11-3-2-4-20(24)23-17/h5-10,12-13H,2-4,11H2,1H3,(H,22,26). The molecule has 1 N–H and O–H groups in total. The number of nitro benzene ring substituents is 1. The molecule has 0 fully saturated rings. The van der Waals surface area contributed by atoms with Crippen LogP contribution in [0.3, 0.4) is 0 Å². The minimum atomic E-state index is -0.575. The number of methoxy groups -OCH3 is 1. The van der Waals surface area contributed by atoms with Gasteiger partial charge in [-0.15, -0.1) is 0 Å². The van der Waals surface area contributed by atoms with Gasteiger partial charge in [0.05, 0.1) is 17.7 Å². The number of amides is 1. The Morgan fingerprint density at radius 1 is 1.21 bits per heavy atom. The maximum atomic E-state index is 12.5. The fraction of sp³-hybridized carbons (Fsp3) is 0.238.